The number of hydrogen-bond acceptors (Lipinski definition) is 2. The molecule has 1 rings (SSSR count). The van der Waals surface area contributed by atoms with Crippen LogP contribution in [0.4, 0.5) is 26.3 Å². The van der Waals surface area contributed by atoms with Gasteiger partial charge in [0.25, 0.3) is 0 Å². The Morgan fingerprint density at radius 2 is 1.71 bits per heavy atom. The van der Waals surface area contributed by atoms with E-state index in [9.17, 15) is 26.3 Å². The van der Waals surface area contributed by atoms with Gasteiger partial charge in [-0.05, 0) is 0 Å². The minimum atomic E-state index is -4.71. The minimum absolute atomic E-state index is 0.123. The maximum atomic E-state index is 11.9. The van der Waals surface area contributed by atoms with Gasteiger partial charge in [0.2, 0.25) is 0 Å². The van der Waals surface area contributed by atoms with E-state index in [1.807, 2.05) is 0 Å². The Bertz CT molecular complexity index is 229. The zero-order valence-electron chi connectivity index (χ0n) is 6.45. The van der Waals surface area contributed by atoms with Crippen LogP contribution in [0.15, 0.2) is 4.99 Å². The molecule has 14 heavy (non-hydrogen) atoms. The smallest absolute Gasteiger partial charge is 0.331 e. The summed E-state index contributed by atoms with van der Waals surface area (Å²) in [6.07, 6.45) is -7.74. The molecule has 0 saturated carbocycles. The molecule has 0 spiro atoms. The molecule has 2 nitrogen and oxygen atoms in total. The fourth-order valence-electron chi connectivity index (χ4n) is 0.739. The van der Waals surface area contributed by atoms with E-state index < -0.39 is 24.9 Å². The first-order valence-corrected chi connectivity index (χ1v) is 3.31. The molecule has 1 heterocycles. The Kier molecular flexibility index (Phi) is 2.64. The topological polar surface area (TPSA) is 15.6 Å². The Morgan fingerprint density at radius 3 is 2.07 bits per heavy atom. The number of nitrogens with zero attached hydrogens (tertiary/aromatic N) is 2. The van der Waals surface area contributed by atoms with Crippen molar-refractivity contribution in [2.75, 3.05) is 6.54 Å². The lowest BCUT2D eigenvalue weighted by atomic mass is 10.3. The normalized spacial score (nSPS) is 23.3. The van der Waals surface area contributed by atoms with E-state index in [4.69, 9.17) is 0 Å². The molecule has 0 N–H and O–H groups in total. The van der Waals surface area contributed by atoms with E-state index in [1.165, 1.54) is 6.54 Å². The molecule has 1 aliphatic rings. The highest BCUT2D eigenvalue weighted by molar-refractivity contribution is 5.60. The SMILES string of the molecule is FC(F)(F)CN1[C]C(C(F)(F)F)N=[C]1. The van der Waals surface area contributed by atoms with Gasteiger partial charge < -0.3 is 4.90 Å². The Balaban J connectivity index is 2.48. The third-order valence-electron chi connectivity index (χ3n) is 1.23. The van der Waals surface area contributed by atoms with Crippen molar-refractivity contribution in [2.24, 2.45) is 4.99 Å². The highest BCUT2D eigenvalue weighted by atomic mass is 19.4. The molecule has 0 saturated heterocycles. The fourth-order valence-corrected chi connectivity index (χ4v) is 0.739. The first-order chi connectivity index (χ1) is 6.18. The summed E-state index contributed by atoms with van der Waals surface area (Å²) >= 11 is 0. The zero-order valence-corrected chi connectivity index (χ0v) is 6.45. The van der Waals surface area contributed by atoms with Crippen molar-refractivity contribution in [1.82, 2.24) is 4.90 Å². The zero-order chi connectivity index (χ0) is 11.0. The van der Waals surface area contributed by atoms with Crippen LogP contribution in [0.2, 0.25) is 0 Å². The van der Waals surface area contributed by atoms with Crippen molar-refractivity contribution in [1.29, 1.82) is 0 Å². The van der Waals surface area contributed by atoms with E-state index in [-0.39, 0.29) is 4.90 Å². The van der Waals surface area contributed by atoms with Gasteiger partial charge in [0.05, 0.1) is 0 Å². The summed E-state index contributed by atoms with van der Waals surface area (Å²) in [5.74, 6) is 0. The highest BCUT2D eigenvalue weighted by Gasteiger charge is 2.45. The molecule has 0 fully saturated rings. The lowest BCUT2D eigenvalue weighted by Gasteiger charge is -2.16. The van der Waals surface area contributed by atoms with Gasteiger partial charge in [-0.3, -0.25) is 0 Å². The van der Waals surface area contributed by atoms with E-state index in [1.54, 1.807) is 6.34 Å². The molecule has 3 radical (unpaired) electrons. The second-order valence-corrected chi connectivity index (χ2v) is 2.50. The van der Waals surface area contributed by atoms with Crippen molar-refractivity contribution in [3.63, 3.8) is 0 Å². The second-order valence-electron chi connectivity index (χ2n) is 2.50. The minimum Gasteiger partial charge on any atom is -0.331 e. The van der Waals surface area contributed by atoms with Crippen molar-refractivity contribution in [3.05, 3.63) is 6.54 Å². The quantitative estimate of drug-likeness (QED) is 0.611. The summed E-state index contributed by atoms with van der Waals surface area (Å²) in [6, 6.07) is -2.34. The fraction of sp³-hybridized carbons (Fsp3) is 0.667. The first-order valence-electron chi connectivity index (χ1n) is 3.31. The number of alkyl halides is 6. The number of halogens is 6. The summed E-state index contributed by atoms with van der Waals surface area (Å²) in [4.78, 5) is 2.84. The average Bonchev–Trinajstić information content (AvgIpc) is 2.29. The van der Waals surface area contributed by atoms with Crippen LogP contribution in [-0.2, 0) is 0 Å². The lowest BCUT2D eigenvalue weighted by molar-refractivity contribution is -0.148. The highest BCUT2D eigenvalue weighted by Crippen LogP contribution is 2.29. The molecule has 0 aromatic heterocycles. The van der Waals surface area contributed by atoms with Gasteiger partial charge in [-0.2, -0.15) is 26.3 Å². The van der Waals surface area contributed by atoms with Gasteiger partial charge >= 0.3 is 12.4 Å². The molecule has 1 unspecified atom stereocenters. The van der Waals surface area contributed by atoms with Crippen molar-refractivity contribution < 1.29 is 26.3 Å². The van der Waals surface area contributed by atoms with Crippen LogP contribution in [0.3, 0.4) is 0 Å². The van der Waals surface area contributed by atoms with Crippen LogP contribution in [0, 0.1) is 6.54 Å². The van der Waals surface area contributed by atoms with Crippen molar-refractivity contribution >= 4 is 6.34 Å². The molecule has 0 aromatic carbocycles. The summed E-state index contributed by atoms with van der Waals surface area (Å²) in [5.41, 5.74) is 0. The van der Waals surface area contributed by atoms with E-state index >= 15 is 0 Å². The summed E-state index contributed by atoms with van der Waals surface area (Å²) < 4.78 is 70.6. The molecular formula is C6H3F6N2. The molecule has 0 aliphatic carbocycles. The molecular weight excluding hydrogens is 214 g/mol. The van der Waals surface area contributed by atoms with Gasteiger partial charge in [0.1, 0.15) is 13.1 Å². The maximum absolute atomic E-state index is 11.9. The molecule has 8 heteroatoms. The Hall–Kier alpha value is -0.950. The second kappa shape index (κ2) is 3.32. The molecule has 1 aliphatic heterocycles. The van der Waals surface area contributed by atoms with Gasteiger partial charge in [-0.1, -0.05) is 0 Å². The van der Waals surface area contributed by atoms with Gasteiger partial charge in [0, 0.05) is 0 Å². The number of hydrogen-bond donors (Lipinski definition) is 0. The van der Waals surface area contributed by atoms with E-state index in [0.717, 1.165) is 0 Å². The largest absolute Gasteiger partial charge is 0.413 e. The van der Waals surface area contributed by atoms with E-state index in [2.05, 4.69) is 4.99 Å². The van der Waals surface area contributed by atoms with Crippen LogP contribution in [0.25, 0.3) is 0 Å². The Morgan fingerprint density at radius 1 is 1.14 bits per heavy atom. The molecule has 79 valence electrons. The van der Waals surface area contributed by atoms with Gasteiger partial charge in [-0.25, -0.2) is 4.99 Å². The van der Waals surface area contributed by atoms with Crippen LogP contribution < -0.4 is 0 Å². The summed E-state index contributed by atoms with van der Waals surface area (Å²) in [7, 11) is 0. The third kappa shape index (κ3) is 3.08. The molecule has 1 atom stereocenters. The van der Waals surface area contributed by atoms with Crippen LogP contribution in [0.1, 0.15) is 0 Å². The predicted octanol–water partition coefficient (Wildman–Crippen LogP) is 1.74. The summed E-state index contributed by atoms with van der Waals surface area (Å²) in [5, 5.41) is 0. The number of rotatable bonds is 1. The van der Waals surface area contributed by atoms with Crippen molar-refractivity contribution in [3.8, 4) is 0 Å². The van der Waals surface area contributed by atoms with Crippen LogP contribution in [0.5, 0.6) is 0 Å². The lowest BCUT2D eigenvalue weighted by Crippen LogP contribution is -2.34. The average molecular weight is 217 g/mol. The molecule has 0 aromatic rings. The Labute approximate surface area is 75.2 Å². The summed E-state index contributed by atoms with van der Waals surface area (Å²) in [6.45, 7) is -0.0684. The van der Waals surface area contributed by atoms with Gasteiger partial charge in [0.15, 0.2) is 12.4 Å². The monoisotopic (exact) mass is 217 g/mol. The third-order valence-corrected chi connectivity index (χ3v) is 1.23. The number of aliphatic imine (C=N–C) groups is 1. The predicted molar refractivity (Wildman–Crippen MR) is 33.3 cm³/mol. The molecule has 0 amide bonds. The maximum Gasteiger partial charge on any atom is 0.413 e. The van der Waals surface area contributed by atoms with Crippen molar-refractivity contribution in [2.45, 2.75) is 18.4 Å². The van der Waals surface area contributed by atoms with Gasteiger partial charge in [-0.15, -0.1) is 0 Å². The first kappa shape index (κ1) is 11.1. The van der Waals surface area contributed by atoms with Crippen LogP contribution in [-0.4, -0.2) is 36.2 Å². The molecule has 0 bridgehead atoms. The van der Waals surface area contributed by atoms with E-state index in [0.29, 0.717) is 0 Å². The van der Waals surface area contributed by atoms with Crippen LogP contribution >= 0.6 is 0 Å². The standard InChI is InChI=1S/C6H3F6N2/c7-5(8,9)2-14-1-4(13-3-14)6(10,11)12/h4H,2H2.